The van der Waals surface area contributed by atoms with Gasteiger partial charge in [-0.3, -0.25) is 9.88 Å². The van der Waals surface area contributed by atoms with Crippen molar-refractivity contribution in [3.63, 3.8) is 0 Å². The molecule has 1 aromatic heterocycles. The normalized spacial score (nSPS) is 18.0. The van der Waals surface area contributed by atoms with Gasteiger partial charge in [-0.15, -0.1) is 0 Å². The Kier molecular flexibility index (Phi) is 4.63. The monoisotopic (exact) mass is 334 g/mol. The lowest BCUT2D eigenvalue weighted by molar-refractivity contribution is 0.0468. The first-order valence-electron chi connectivity index (χ1n) is 8.73. The lowest BCUT2D eigenvalue weighted by atomic mass is 10.1. The quantitative estimate of drug-likeness (QED) is 0.772. The number of ether oxygens (including phenoxy) is 1. The Morgan fingerprint density at radius 2 is 1.96 bits per heavy atom. The van der Waals surface area contributed by atoms with Gasteiger partial charge in [-0.2, -0.15) is 0 Å². The van der Waals surface area contributed by atoms with E-state index in [9.17, 15) is 5.11 Å². The highest BCUT2D eigenvalue weighted by Gasteiger charge is 2.23. The third kappa shape index (κ3) is 3.65. The van der Waals surface area contributed by atoms with Gasteiger partial charge in [-0.1, -0.05) is 42.5 Å². The van der Waals surface area contributed by atoms with E-state index >= 15 is 0 Å². The van der Waals surface area contributed by atoms with Crippen LogP contribution in [0.15, 0.2) is 60.8 Å². The molecule has 1 aliphatic rings. The van der Waals surface area contributed by atoms with Gasteiger partial charge in [0.2, 0.25) is 0 Å². The Balaban J connectivity index is 1.37. The van der Waals surface area contributed by atoms with Crippen molar-refractivity contribution in [2.24, 2.45) is 0 Å². The van der Waals surface area contributed by atoms with E-state index < -0.39 is 0 Å². The Morgan fingerprint density at radius 3 is 2.84 bits per heavy atom. The van der Waals surface area contributed by atoms with Crippen LogP contribution in [-0.4, -0.2) is 34.2 Å². The second-order valence-electron chi connectivity index (χ2n) is 6.59. The Hall–Kier alpha value is -2.43. The van der Waals surface area contributed by atoms with Crippen molar-refractivity contribution in [2.45, 2.75) is 25.7 Å². The number of rotatable bonds is 5. The molecule has 0 spiro atoms. The van der Waals surface area contributed by atoms with E-state index in [0.717, 1.165) is 37.0 Å². The summed E-state index contributed by atoms with van der Waals surface area (Å²) in [7, 11) is 0. The summed E-state index contributed by atoms with van der Waals surface area (Å²) in [5, 5.41) is 10.9. The fourth-order valence-electron chi connectivity index (χ4n) is 3.47. The molecule has 0 bridgehead atoms. The molecule has 2 heterocycles. The van der Waals surface area contributed by atoms with Crippen LogP contribution in [0.2, 0.25) is 0 Å². The molecule has 4 rings (SSSR count). The van der Waals surface area contributed by atoms with Crippen molar-refractivity contribution in [1.29, 1.82) is 0 Å². The second kappa shape index (κ2) is 7.21. The largest absolute Gasteiger partial charge is 0.506 e. The minimum absolute atomic E-state index is 0.217. The highest BCUT2D eigenvalue weighted by molar-refractivity contribution is 5.87. The highest BCUT2D eigenvalue weighted by Crippen LogP contribution is 2.27. The SMILES string of the molecule is Oc1ccc(COC2CCN(Cc3ccccc3)C2)c2cccnc12. The maximum absolute atomic E-state index is 9.94. The standard InChI is InChI=1S/C21H22N2O2/c24-20-9-8-17(19-7-4-11-22-21(19)20)15-25-18-10-12-23(14-18)13-16-5-2-1-3-6-16/h1-9,11,18,24H,10,12-15H2. The molecular formula is C21H22N2O2. The molecule has 4 heteroatoms. The Labute approximate surface area is 147 Å². The second-order valence-corrected chi connectivity index (χ2v) is 6.59. The predicted molar refractivity (Wildman–Crippen MR) is 98.3 cm³/mol. The van der Waals surface area contributed by atoms with Gasteiger partial charge < -0.3 is 9.84 Å². The minimum atomic E-state index is 0.217. The molecule has 1 fully saturated rings. The lowest BCUT2D eigenvalue weighted by Crippen LogP contribution is -2.23. The van der Waals surface area contributed by atoms with Crippen molar-refractivity contribution in [1.82, 2.24) is 9.88 Å². The first kappa shape index (κ1) is 16.1. The molecule has 3 aromatic rings. The average Bonchev–Trinajstić information content (AvgIpc) is 3.10. The molecule has 0 saturated carbocycles. The molecule has 0 amide bonds. The van der Waals surface area contributed by atoms with E-state index in [2.05, 4.69) is 40.2 Å². The number of hydrogen-bond acceptors (Lipinski definition) is 4. The third-order valence-corrected chi connectivity index (χ3v) is 4.79. The topological polar surface area (TPSA) is 45.6 Å². The van der Waals surface area contributed by atoms with E-state index in [1.165, 1.54) is 5.56 Å². The number of aromatic hydroxyl groups is 1. The number of nitrogens with zero attached hydrogens (tertiary/aromatic N) is 2. The van der Waals surface area contributed by atoms with E-state index in [1.807, 2.05) is 18.2 Å². The van der Waals surface area contributed by atoms with Crippen LogP contribution in [0.1, 0.15) is 17.5 Å². The summed E-state index contributed by atoms with van der Waals surface area (Å²) in [5.41, 5.74) is 3.06. The number of fused-ring (bicyclic) bond motifs is 1. The van der Waals surface area contributed by atoms with Gasteiger partial charge in [0.05, 0.1) is 12.7 Å². The van der Waals surface area contributed by atoms with Gasteiger partial charge in [-0.05, 0) is 29.7 Å². The van der Waals surface area contributed by atoms with Crippen molar-refractivity contribution >= 4 is 10.9 Å². The summed E-state index contributed by atoms with van der Waals surface area (Å²) in [6.45, 7) is 3.56. The van der Waals surface area contributed by atoms with E-state index in [0.29, 0.717) is 12.1 Å². The zero-order chi connectivity index (χ0) is 17.1. The molecule has 0 aliphatic carbocycles. The summed E-state index contributed by atoms with van der Waals surface area (Å²) in [6.07, 6.45) is 3.01. The summed E-state index contributed by atoms with van der Waals surface area (Å²) < 4.78 is 6.15. The minimum Gasteiger partial charge on any atom is -0.506 e. The summed E-state index contributed by atoms with van der Waals surface area (Å²) in [6, 6.07) is 18.1. The van der Waals surface area contributed by atoms with Crippen LogP contribution in [0.25, 0.3) is 10.9 Å². The molecule has 128 valence electrons. The number of phenolic OH excluding ortho intramolecular Hbond substituents is 1. The molecule has 1 aliphatic heterocycles. The zero-order valence-electron chi connectivity index (χ0n) is 14.1. The molecule has 1 unspecified atom stereocenters. The van der Waals surface area contributed by atoms with Gasteiger partial charge in [0.1, 0.15) is 11.3 Å². The van der Waals surface area contributed by atoms with Crippen molar-refractivity contribution < 1.29 is 9.84 Å². The van der Waals surface area contributed by atoms with E-state index in [-0.39, 0.29) is 11.9 Å². The molecule has 1 N–H and O–H groups in total. The summed E-state index contributed by atoms with van der Waals surface area (Å²) in [4.78, 5) is 6.71. The third-order valence-electron chi connectivity index (χ3n) is 4.79. The predicted octanol–water partition coefficient (Wildman–Crippen LogP) is 3.73. The summed E-state index contributed by atoms with van der Waals surface area (Å²) >= 11 is 0. The van der Waals surface area contributed by atoms with Gasteiger partial charge >= 0.3 is 0 Å². The number of phenols is 1. The molecule has 2 aromatic carbocycles. The lowest BCUT2D eigenvalue weighted by Gasteiger charge is -2.17. The van der Waals surface area contributed by atoms with E-state index in [4.69, 9.17) is 4.74 Å². The number of benzene rings is 2. The van der Waals surface area contributed by atoms with Crippen LogP contribution in [0.5, 0.6) is 5.75 Å². The van der Waals surface area contributed by atoms with Gasteiger partial charge in [0.25, 0.3) is 0 Å². The van der Waals surface area contributed by atoms with Crippen LogP contribution < -0.4 is 0 Å². The number of aromatic nitrogens is 1. The zero-order valence-corrected chi connectivity index (χ0v) is 14.1. The van der Waals surface area contributed by atoms with Crippen LogP contribution in [0.3, 0.4) is 0 Å². The smallest absolute Gasteiger partial charge is 0.141 e. The molecule has 4 nitrogen and oxygen atoms in total. The first-order chi connectivity index (χ1) is 12.3. The maximum Gasteiger partial charge on any atom is 0.141 e. The van der Waals surface area contributed by atoms with Crippen molar-refractivity contribution in [2.75, 3.05) is 13.1 Å². The molecule has 1 saturated heterocycles. The van der Waals surface area contributed by atoms with Gasteiger partial charge in [0.15, 0.2) is 0 Å². The van der Waals surface area contributed by atoms with E-state index in [1.54, 1.807) is 12.3 Å². The van der Waals surface area contributed by atoms with Crippen LogP contribution in [-0.2, 0) is 17.9 Å². The molecular weight excluding hydrogens is 312 g/mol. The number of hydrogen-bond donors (Lipinski definition) is 1. The number of likely N-dealkylation sites (tertiary alicyclic amines) is 1. The van der Waals surface area contributed by atoms with Gasteiger partial charge in [-0.25, -0.2) is 0 Å². The van der Waals surface area contributed by atoms with Crippen LogP contribution >= 0.6 is 0 Å². The Morgan fingerprint density at radius 1 is 1.08 bits per heavy atom. The molecule has 1 atom stereocenters. The summed E-state index contributed by atoms with van der Waals surface area (Å²) in [5.74, 6) is 0.217. The van der Waals surface area contributed by atoms with Crippen LogP contribution in [0.4, 0.5) is 0 Å². The average molecular weight is 334 g/mol. The fourth-order valence-corrected chi connectivity index (χ4v) is 3.47. The molecule has 25 heavy (non-hydrogen) atoms. The van der Waals surface area contributed by atoms with Crippen molar-refractivity contribution in [3.8, 4) is 5.75 Å². The van der Waals surface area contributed by atoms with Crippen LogP contribution in [0, 0.1) is 0 Å². The number of pyridine rings is 1. The first-order valence-corrected chi connectivity index (χ1v) is 8.73. The molecule has 0 radical (unpaired) electrons. The van der Waals surface area contributed by atoms with Crippen molar-refractivity contribution in [3.05, 3.63) is 71.9 Å². The Bertz CT molecular complexity index is 851. The highest BCUT2D eigenvalue weighted by atomic mass is 16.5. The fraction of sp³-hybridized carbons (Fsp3) is 0.286. The maximum atomic E-state index is 9.94. The van der Waals surface area contributed by atoms with Gasteiger partial charge in [0, 0.05) is 31.2 Å².